The van der Waals surface area contributed by atoms with Gasteiger partial charge in [0.25, 0.3) is 0 Å². The Morgan fingerprint density at radius 2 is 2.14 bits per heavy atom. The van der Waals surface area contributed by atoms with E-state index in [0.717, 1.165) is 35.0 Å². The molecular weight excluding hydrogens is 297 g/mol. The Morgan fingerprint density at radius 3 is 2.86 bits per heavy atom. The van der Waals surface area contributed by atoms with E-state index in [1.54, 1.807) is 6.07 Å². The number of fused-ring (bicyclic) bond motifs is 1. The molecule has 1 saturated carbocycles. The first-order valence-electron chi connectivity index (χ1n) is 7.97. The van der Waals surface area contributed by atoms with Crippen LogP contribution in [0.1, 0.15) is 25.8 Å². The monoisotopic (exact) mass is 317 g/mol. The maximum Gasteiger partial charge on any atom is 0.147 e. The van der Waals surface area contributed by atoms with Crippen molar-refractivity contribution in [2.75, 3.05) is 24.5 Å². The first-order chi connectivity index (χ1) is 10.6. The van der Waals surface area contributed by atoms with Crippen LogP contribution in [0.5, 0.6) is 0 Å². The largest absolute Gasteiger partial charge is 0.364 e. The number of nitrogens with one attached hydrogen (secondary N) is 1. The molecule has 0 bridgehead atoms. The molecule has 5 heteroatoms. The van der Waals surface area contributed by atoms with Gasteiger partial charge < -0.3 is 14.8 Å². The van der Waals surface area contributed by atoms with E-state index in [9.17, 15) is 4.39 Å². The van der Waals surface area contributed by atoms with E-state index in [-0.39, 0.29) is 5.82 Å². The summed E-state index contributed by atoms with van der Waals surface area (Å²) in [7, 11) is 0. The van der Waals surface area contributed by atoms with Crippen LogP contribution < -0.4 is 10.2 Å². The summed E-state index contributed by atoms with van der Waals surface area (Å²) in [6.45, 7) is 4.75. The average molecular weight is 317 g/mol. The normalized spacial score (nSPS) is 22.3. The molecule has 1 unspecified atom stereocenters. The molecule has 2 aromatic rings. The van der Waals surface area contributed by atoms with E-state index < -0.39 is 0 Å². The van der Waals surface area contributed by atoms with E-state index in [4.69, 9.17) is 12.2 Å². The molecule has 1 aromatic carbocycles. The Kier molecular flexibility index (Phi) is 3.42. The second-order valence-electron chi connectivity index (χ2n) is 6.39. The lowest BCUT2D eigenvalue weighted by Gasteiger charge is -2.36. The van der Waals surface area contributed by atoms with E-state index in [1.165, 1.54) is 12.8 Å². The Bertz CT molecular complexity index is 781. The second kappa shape index (κ2) is 5.32. The van der Waals surface area contributed by atoms with Crippen molar-refractivity contribution in [2.24, 2.45) is 0 Å². The highest BCUT2D eigenvalue weighted by atomic mass is 32.1. The number of halogens is 1. The number of aromatic nitrogens is 1. The molecule has 1 atom stereocenters. The molecule has 1 aliphatic carbocycles. The van der Waals surface area contributed by atoms with Crippen LogP contribution in [-0.4, -0.2) is 30.2 Å². The molecule has 0 spiro atoms. The van der Waals surface area contributed by atoms with Crippen LogP contribution in [0.15, 0.2) is 24.4 Å². The quantitative estimate of drug-likeness (QED) is 0.854. The lowest BCUT2D eigenvalue weighted by atomic mass is 10.1. The highest BCUT2D eigenvalue weighted by Gasteiger charge is 2.26. The van der Waals surface area contributed by atoms with Crippen molar-refractivity contribution in [1.29, 1.82) is 0 Å². The zero-order valence-corrected chi connectivity index (χ0v) is 13.5. The van der Waals surface area contributed by atoms with E-state index in [0.29, 0.717) is 17.8 Å². The van der Waals surface area contributed by atoms with Gasteiger partial charge in [-0.1, -0.05) is 12.2 Å². The Hall–Kier alpha value is -1.46. The number of hydrogen-bond acceptors (Lipinski definition) is 3. The molecule has 116 valence electrons. The topological polar surface area (TPSA) is 20.2 Å². The lowest BCUT2D eigenvalue weighted by Crippen LogP contribution is -2.50. The van der Waals surface area contributed by atoms with Gasteiger partial charge in [-0.2, -0.15) is 0 Å². The third-order valence-corrected chi connectivity index (χ3v) is 5.10. The standard InChI is InChI=1S/C17H20FN3S/c1-11-10-19-5-7-20(11)16-9-15-13(8-14(16)18)17(22)4-6-21(15)12-2-3-12/h4,6,8-9,11-12,19H,2-3,5,7,10H2,1H3. The minimum atomic E-state index is -0.166. The van der Waals surface area contributed by atoms with Crippen LogP contribution in [0.25, 0.3) is 10.9 Å². The summed E-state index contributed by atoms with van der Waals surface area (Å²) in [5.74, 6) is -0.166. The molecule has 2 fully saturated rings. The van der Waals surface area contributed by atoms with Crippen LogP contribution in [0.4, 0.5) is 10.1 Å². The third-order valence-electron chi connectivity index (χ3n) is 4.75. The van der Waals surface area contributed by atoms with Crippen LogP contribution in [0.3, 0.4) is 0 Å². The number of hydrogen-bond donors (Lipinski definition) is 1. The molecular formula is C17H20FN3S. The zero-order chi connectivity index (χ0) is 15.3. The lowest BCUT2D eigenvalue weighted by molar-refractivity contribution is 0.491. The fourth-order valence-corrected chi connectivity index (χ4v) is 3.59. The van der Waals surface area contributed by atoms with Crippen molar-refractivity contribution >= 4 is 28.8 Å². The minimum absolute atomic E-state index is 0.166. The van der Waals surface area contributed by atoms with Gasteiger partial charge >= 0.3 is 0 Å². The highest BCUT2D eigenvalue weighted by molar-refractivity contribution is 7.71. The molecule has 0 radical (unpaired) electrons. The first kappa shape index (κ1) is 14.2. The molecule has 1 aliphatic heterocycles. The SMILES string of the molecule is CC1CNCCN1c1cc2c(cc1F)c(=S)ccn2C1CC1. The maximum atomic E-state index is 14.7. The number of anilines is 1. The Morgan fingerprint density at radius 1 is 1.32 bits per heavy atom. The van der Waals surface area contributed by atoms with Crippen molar-refractivity contribution in [2.45, 2.75) is 31.8 Å². The summed E-state index contributed by atoms with van der Waals surface area (Å²) in [6, 6.07) is 6.39. The molecule has 2 aliphatic rings. The van der Waals surface area contributed by atoms with Gasteiger partial charge in [-0.15, -0.1) is 0 Å². The third kappa shape index (κ3) is 2.32. The van der Waals surface area contributed by atoms with Crippen molar-refractivity contribution in [3.05, 3.63) is 34.7 Å². The molecule has 1 N–H and O–H groups in total. The first-order valence-corrected chi connectivity index (χ1v) is 8.38. The molecule has 2 heterocycles. The fraction of sp³-hybridized carbons (Fsp3) is 0.471. The zero-order valence-electron chi connectivity index (χ0n) is 12.7. The number of nitrogens with zero attached hydrogens (tertiary/aromatic N) is 2. The predicted octanol–water partition coefficient (Wildman–Crippen LogP) is 3.64. The van der Waals surface area contributed by atoms with Crippen LogP contribution in [0.2, 0.25) is 0 Å². The van der Waals surface area contributed by atoms with Gasteiger partial charge in [0.05, 0.1) is 11.2 Å². The highest BCUT2D eigenvalue weighted by Crippen LogP contribution is 2.38. The van der Waals surface area contributed by atoms with E-state index >= 15 is 0 Å². The summed E-state index contributed by atoms with van der Waals surface area (Å²) in [5.41, 5.74) is 1.77. The van der Waals surface area contributed by atoms with Gasteiger partial charge in [0, 0.05) is 47.8 Å². The average Bonchev–Trinajstić information content (AvgIpc) is 3.33. The maximum absolute atomic E-state index is 14.7. The number of pyridine rings is 1. The Balaban J connectivity index is 1.90. The molecule has 1 saturated heterocycles. The summed E-state index contributed by atoms with van der Waals surface area (Å²) >= 11 is 5.40. The summed E-state index contributed by atoms with van der Waals surface area (Å²) < 4.78 is 17.7. The smallest absolute Gasteiger partial charge is 0.147 e. The van der Waals surface area contributed by atoms with Crippen molar-refractivity contribution in [3.63, 3.8) is 0 Å². The van der Waals surface area contributed by atoms with Crippen LogP contribution in [0, 0.1) is 10.3 Å². The molecule has 0 amide bonds. The number of benzene rings is 1. The Labute approximate surface area is 134 Å². The molecule has 3 nitrogen and oxygen atoms in total. The van der Waals surface area contributed by atoms with Gasteiger partial charge in [-0.25, -0.2) is 4.39 Å². The van der Waals surface area contributed by atoms with Crippen molar-refractivity contribution in [1.82, 2.24) is 9.88 Å². The molecule has 4 rings (SSSR count). The van der Waals surface area contributed by atoms with Crippen LogP contribution >= 0.6 is 12.2 Å². The summed E-state index contributed by atoms with van der Waals surface area (Å²) in [5, 5.41) is 4.21. The van der Waals surface area contributed by atoms with Gasteiger partial charge in [0.15, 0.2) is 0 Å². The van der Waals surface area contributed by atoms with E-state index in [2.05, 4.69) is 27.9 Å². The molecule has 1 aromatic heterocycles. The summed E-state index contributed by atoms with van der Waals surface area (Å²) in [6.07, 6.45) is 4.46. The predicted molar refractivity (Wildman–Crippen MR) is 90.7 cm³/mol. The van der Waals surface area contributed by atoms with E-state index in [1.807, 2.05) is 12.1 Å². The fourth-order valence-electron chi connectivity index (χ4n) is 3.37. The van der Waals surface area contributed by atoms with Crippen LogP contribution in [-0.2, 0) is 0 Å². The van der Waals surface area contributed by atoms with Gasteiger partial charge in [0.2, 0.25) is 0 Å². The minimum Gasteiger partial charge on any atom is -0.364 e. The molecule has 22 heavy (non-hydrogen) atoms. The van der Waals surface area contributed by atoms with Gasteiger partial charge in [-0.05, 0) is 38.0 Å². The summed E-state index contributed by atoms with van der Waals surface area (Å²) in [4.78, 5) is 2.17. The van der Waals surface area contributed by atoms with Crippen molar-refractivity contribution < 1.29 is 4.39 Å². The van der Waals surface area contributed by atoms with Crippen molar-refractivity contribution in [3.8, 4) is 0 Å². The van der Waals surface area contributed by atoms with Gasteiger partial charge in [-0.3, -0.25) is 0 Å². The number of rotatable bonds is 2. The second-order valence-corrected chi connectivity index (χ2v) is 6.83. The number of piperazine rings is 1. The van der Waals surface area contributed by atoms with Gasteiger partial charge in [0.1, 0.15) is 5.82 Å².